The van der Waals surface area contributed by atoms with E-state index in [-0.39, 0.29) is 18.4 Å². The lowest BCUT2D eigenvalue weighted by atomic mass is 10.2. The van der Waals surface area contributed by atoms with Gasteiger partial charge < -0.3 is 24.4 Å². The summed E-state index contributed by atoms with van der Waals surface area (Å²) in [6.07, 6.45) is 1.36. The number of anilines is 2. The molecule has 126 valence electrons. The van der Waals surface area contributed by atoms with Crippen LogP contribution in [0.4, 0.5) is 11.4 Å². The first-order valence-electron chi connectivity index (χ1n) is 7.50. The van der Waals surface area contributed by atoms with Gasteiger partial charge in [-0.05, 0) is 24.6 Å². The SMILES string of the molecule is COCCOCC(=O)Nc1ccc(OC)c(N2CCCC2=O)c1. The van der Waals surface area contributed by atoms with Crippen LogP contribution in [0, 0.1) is 0 Å². The highest BCUT2D eigenvalue weighted by molar-refractivity contribution is 5.98. The zero-order valence-electron chi connectivity index (χ0n) is 13.5. The number of ether oxygens (including phenoxy) is 3. The third-order valence-electron chi connectivity index (χ3n) is 3.49. The molecule has 1 aliphatic rings. The molecule has 1 aliphatic heterocycles. The zero-order valence-corrected chi connectivity index (χ0v) is 13.5. The molecular formula is C16H22N2O5. The number of carbonyl (C=O) groups excluding carboxylic acids is 2. The van der Waals surface area contributed by atoms with Gasteiger partial charge in [-0.3, -0.25) is 9.59 Å². The maximum absolute atomic E-state index is 11.9. The third-order valence-corrected chi connectivity index (χ3v) is 3.49. The van der Waals surface area contributed by atoms with Gasteiger partial charge in [-0.25, -0.2) is 0 Å². The standard InChI is InChI=1S/C16H22N2O5/c1-21-8-9-23-11-15(19)17-12-5-6-14(22-2)13(10-12)18-7-3-4-16(18)20/h5-6,10H,3-4,7-9,11H2,1-2H3,(H,17,19). The average molecular weight is 322 g/mol. The van der Waals surface area contributed by atoms with Gasteiger partial charge in [0.05, 0.1) is 26.0 Å². The van der Waals surface area contributed by atoms with E-state index >= 15 is 0 Å². The highest BCUT2D eigenvalue weighted by Crippen LogP contribution is 2.33. The van der Waals surface area contributed by atoms with E-state index < -0.39 is 0 Å². The lowest BCUT2D eigenvalue weighted by Gasteiger charge is -2.20. The Bertz CT molecular complexity index is 561. The van der Waals surface area contributed by atoms with Crippen molar-refractivity contribution in [1.82, 2.24) is 0 Å². The van der Waals surface area contributed by atoms with Crippen LogP contribution in [0.5, 0.6) is 5.75 Å². The van der Waals surface area contributed by atoms with E-state index in [0.717, 1.165) is 6.42 Å². The molecule has 2 amide bonds. The summed E-state index contributed by atoms with van der Waals surface area (Å²) in [5, 5.41) is 2.75. The predicted octanol–water partition coefficient (Wildman–Crippen LogP) is 1.42. The monoisotopic (exact) mass is 322 g/mol. The molecule has 0 saturated carbocycles. The van der Waals surface area contributed by atoms with Crippen LogP contribution in [0.1, 0.15) is 12.8 Å². The van der Waals surface area contributed by atoms with E-state index in [1.807, 2.05) is 0 Å². The van der Waals surface area contributed by atoms with Gasteiger partial charge >= 0.3 is 0 Å². The van der Waals surface area contributed by atoms with Gasteiger partial charge in [0.2, 0.25) is 11.8 Å². The van der Waals surface area contributed by atoms with E-state index in [1.54, 1.807) is 37.3 Å². The zero-order chi connectivity index (χ0) is 16.7. The summed E-state index contributed by atoms with van der Waals surface area (Å²) in [4.78, 5) is 25.5. The fourth-order valence-corrected chi connectivity index (χ4v) is 2.39. The number of hydrogen-bond acceptors (Lipinski definition) is 5. The molecule has 0 aliphatic carbocycles. The molecule has 0 spiro atoms. The second-order valence-electron chi connectivity index (χ2n) is 5.13. The van der Waals surface area contributed by atoms with Crippen molar-refractivity contribution in [2.24, 2.45) is 0 Å². The van der Waals surface area contributed by atoms with Gasteiger partial charge in [-0.1, -0.05) is 0 Å². The van der Waals surface area contributed by atoms with Crippen LogP contribution in [0.2, 0.25) is 0 Å². The largest absolute Gasteiger partial charge is 0.495 e. The molecule has 1 heterocycles. The van der Waals surface area contributed by atoms with Gasteiger partial charge in [-0.15, -0.1) is 0 Å². The summed E-state index contributed by atoms with van der Waals surface area (Å²) in [6.45, 7) is 1.41. The fourth-order valence-electron chi connectivity index (χ4n) is 2.39. The van der Waals surface area contributed by atoms with Gasteiger partial charge in [0, 0.05) is 25.8 Å². The van der Waals surface area contributed by atoms with Crippen molar-refractivity contribution in [3.63, 3.8) is 0 Å². The van der Waals surface area contributed by atoms with Crippen LogP contribution in [0.25, 0.3) is 0 Å². The molecule has 1 aromatic carbocycles. The summed E-state index contributed by atoms with van der Waals surface area (Å²) < 4.78 is 15.3. The van der Waals surface area contributed by atoms with Crippen molar-refractivity contribution in [3.8, 4) is 5.75 Å². The molecule has 0 bridgehead atoms. The van der Waals surface area contributed by atoms with Crippen LogP contribution < -0.4 is 15.0 Å². The van der Waals surface area contributed by atoms with Crippen molar-refractivity contribution in [1.29, 1.82) is 0 Å². The van der Waals surface area contributed by atoms with Crippen molar-refractivity contribution < 1.29 is 23.8 Å². The quantitative estimate of drug-likeness (QED) is 0.733. The van der Waals surface area contributed by atoms with E-state index in [4.69, 9.17) is 14.2 Å². The van der Waals surface area contributed by atoms with Gasteiger partial charge in [0.25, 0.3) is 0 Å². The Morgan fingerprint density at radius 1 is 1.30 bits per heavy atom. The fraction of sp³-hybridized carbons (Fsp3) is 0.500. The minimum absolute atomic E-state index is 0.0482. The van der Waals surface area contributed by atoms with E-state index in [2.05, 4.69) is 5.32 Å². The molecule has 0 atom stereocenters. The molecule has 7 nitrogen and oxygen atoms in total. The molecule has 23 heavy (non-hydrogen) atoms. The molecule has 1 fully saturated rings. The number of rotatable bonds is 8. The Kier molecular flexibility index (Phi) is 6.37. The topological polar surface area (TPSA) is 77.1 Å². The predicted molar refractivity (Wildman–Crippen MR) is 85.9 cm³/mol. The maximum Gasteiger partial charge on any atom is 0.250 e. The minimum atomic E-state index is -0.259. The van der Waals surface area contributed by atoms with Crippen molar-refractivity contribution >= 4 is 23.2 Å². The smallest absolute Gasteiger partial charge is 0.250 e. The van der Waals surface area contributed by atoms with Crippen LogP contribution in [0.3, 0.4) is 0 Å². The van der Waals surface area contributed by atoms with Gasteiger partial charge in [0.1, 0.15) is 12.4 Å². The summed E-state index contributed by atoms with van der Waals surface area (Å²) >= 11 is 0. The summed E-state index contributed by atoms with van der Waals surface area (Å²) in [5.74, 6) is 0.411. The summed E-state index contributed by atoms with van der Waals surface area (Å²) in [5.41, 5.74) is 1.27. The second kappa shape index (κ2) is 8.50. The third kappa shape index (κ3) is 4.67. The van der Waals surface area contributed by atoms with Gasteiger partial charge in [-0.2, -0.15) is 0 Å². The van der Waals surface area contributed by atoms with Gasteiger partial charge in [0.15, 0.2) is 0 Å². The highest BCUT2D eigenvalue weighted by Gasteiger charge is 2.24. The van der Waals surface area contributed by atoms with Crippen molar-refractivity contribution in [3.05, 3.63) is 18.2 Å². The first-order valence-corrected chi connectivity index (χ1v) is 7.50. The first kappa shape index (κ1) is 17.2. The molecule has 0 radical (unpaired) electrons. The first-order chi connectivity index (χ1) is 11.2. The molecular weight excluding hydrogens is 300 g/mol. The Balaban J connectivity index is 2.02. The molecule has 1 aromatic rings. The molecule has 0 unspecified atom stereocenters. The average Bonchev–Trinajstić information content (AvgIpc) is 2.97. The van der Waals surface area contributed by atoms with Crippen LogP contribution >= 0.6 is 0 Å². The lowest BCUT2D eigenvalue weighted by Crippen LogP contribution is -2.25. The summed E-state index contributed by atoms with van der Waals surface area (Å²) in [7, 11) is 3.13. The number of amides is 2. The molecule has 0 aromatic heterocycles. The van der Waals surface area contributed by atoms with Crippen LogP contribution in [-0.4, -0.2) is 52.4 Å². The molecule has 1 N–H and O–H groups in total. The maximum atomic E-state index is 11.9. The number of carbonyl (C=O) groups is 2. The number of methoxy groups -OCH3 is 2. The van der Waals surface area contributed by atoms with E-state index in [0.29, 0.717) is 43.3 Å². The Labute approximate surface area is 135 Å². The number of hydrogen-bond donors (Lipinski definition) is 1. The van der Waals surface area contributed by atoms with E-state index in [1.165, 1.54) is 0 Å². The molecule has 7 heteroatoms. The van der Waals surface area contributed by atoms with Crippen LogP contribution in [-0.2, 0) is 19.1 Å². The number of nitrogens with one attached hydrogen (secondary N) is 1. The normalized spacial score (nSPS) is 14.2. The Morgan fingerprint density at radius 3 is 2.78 bits per heavy atom. The summed E-state index contributed by atoms with van der Waals surface area (Å²) in [6, 6.07) is 5.22. The Hall–Kier alpha value is -2.12. The Morgan fingerprint density at radius 2 is 2.13 bits per heavy atom. The number of benzene rings is 1. The number of nitrogens with zero attached hydrogens (tertiary/aromatic N) is 1. The van der Waals surface area contributed by atoms with Crippen molar-refractivity contribution in [2.45, 2.75) is 12.8 Å². The highest BCUT2D eigenvalue weighted by atomic mass is 16.5. The molecule has 1 saturated heterocycles. The lowest BCUT2D eigenvalue weighted by molar-refractivity contribution is -0.121. The molecule has 2 rings (SSSR count). The minimum Gasteiger partial charge on any atom is -0.495 e. The van der Waals surface area contributed by atoms with Crippen LogP contribution in [0.15, 0.2) is 18.2 Å². The second-order valence-corrected chi connectivity index (χ2v) is 5.13. The van der Waals surface area contributed by atoms with Crippen molar-refractivity contribution in [2.75, 3.05) is 50.8 Å². The van der Waals surface area contributed by atoms with E-state index in [9.17, 15) is 9.59 Å².